The SMILES string of the molecule is C1C[C@@H]2C[C@@H]2C1.CCn1ccc(-c2cncc(C(F)(F)F)c2)n1.CCn1ccc(-c2cncc(C(F)(F)F)c2)n1.O=S1(=O)CC2(CCN(C3C[C@@H]4C[C@@H]4C3)CC2)C1.O=S1(=O)CC2(CCNCC2)C1. The van der Waals surface area contributed by atoms with Crippen LogP contribution in [-0.2, 0) is 45.1 Å². The Kier molecular flexibility index (Phi) is 14.9. The molecule has 1 unspecified atom stereocenters. The molecule has 5 atom stereocenters. The van der Waals surface area contributed by atoms with Crippen molar-refractivity contribution in [3.05, 3.63) is 72.6 Å². The lowest BCUT2D eigenvalue weighted by atomic mass is 9.80. The van der Waals surface area contributed by atoms with E-state index in [4.69, 9.17) is 0 Å². The van der Waals surface area contributed by atoms with Gasteiger partial charge in [-0.3, -0.25) is 19.3 Å². The monoisotopic (exact) mass is 994 g/mol. The number of aromatic nitrogens is 6. The molecule has 1 N–H and O–H groups in total. The molecule has 8 fully saturated rings. The molecule has 8 aliphatic rings. The molecule has 4 saturated carbocycles. The summed E-state index contributed by atoms with van der Waals surface area (Å²) in [6.45, 7) is 9.45. The van der Waals surface area contributed by atoms with Gasteiger partial charge < -0.3 is 10.2 Å². The number of aryl methyl sites for hydroxylation is 2. The highest BCUT2D eigenvalue weighted by molar-refractivity contribution is 7.93. The van der Waals surface area contributed by atoms with Gasteiger partial charge in [-0.15, -0.1) is 0 Å². The first-order valence-electron chi connectivity index (χ1n) is 24.1. The van der Waals surface area contributed by atoms with Gasteiger partial charge in [0.05, 0.1) is 45.5 Å². The second kappa shape index (κ2) is 20.1. The molecule has 4 aliphatic carbocycles. The van der Waals surface area contributed by atoms with Crippen molar-refractivity contribution in [3.63, 3.8) is 0 Å². The number of nitrogens with one attached hydrogen (secondary N) is 1. The Morgan fingerprint density at radius 2 is 1.04 bits per heavy atom. The Morgan fingerprint density at radius 1 is 0.618 bits per heavy atom. The number of hydrogen-bond acceptors (Lipinski definition) is 10. The highest BCUT2D eigenvalue weighted by Crippen LogP contribution is 2.54. The maximum absolute atomic E-state index is 12.5. The number of fused-ring (bicyclic) bond motifs is 2. The van der Waals surface area contributed by atoms with Crippen molar-refractivity contribution in [2.75, 3.05) is 49.2 Å². The molecular formula is C48H64F6N8O4S2. The van der Waals surface area contributed by atoms with E-state index in [0.29, 0.717) is 58.6 Å². The van der Waals surface area contributed by atoms with Gasteiger partial charge in [-0.1, -0.05) is 19.3 Å². The van der Waals surface area contributed by atoms with Gasteiger partial charge in [-0.05, 0) is 139 Å². The standard InChI is InChI=1S/C13H21NO2S.2C11H10F3N3.C7H13NO2S.C6H10/c15-17(16)8-13(9-17)1-3-14(4-2-13)12-6-10-5-11(10)7-12;2*1-2-17-4-3-10(16-17)8-5-9(7-15-6-8)11(12,13)14;9-11(10)5-7(6-11)1-3-8-4-2-7;1-2-5-4-6(5)3-1/h10-12H,1-9H2;2*3-7H,2H2,1H3;8H,1-6H2;5-6H,1-4H2/t10-,11+,12?;;;;5-,6+. The van der Waals surface area contributed by atoms with Crippen LogP contribution in [0.2, 0.25) is 0 Å². The van der Waals surface area contributed by atoms with Gasteiger partial charge in [-0.25, -0.2) is 16.8 Å². The third-order valence-corrected chi connectivity index (χ3v) is 19.4. The molecule has 4 saturated heterocycles. The Morgan fingerprint density at radius 3 is 1.40 bits per heavy atom. The first-order chi connectivity index (χ1) is 32.1. The summed E-state index contributed by atoms with van der Waals surface area (Å²) in [7, 11) is -5.26. The normalized spacial score (nSPS) is 27.4. The van der Waals surface area contributed by atoms with E-state index in [-0.39, 0.29) is 10.8 Å². The smallest absolute Gasteiger partial charge is 0.317 e. The van der Waals surface area contributed by atoms with Crippen LogP contribution in [0.15, 0.2) is 61.4 Å². The van der Waals surface area contributed by atoms with E-state index in [0.717, 1.165) is 94.3 Å². The van der Waals surface area contributed by atoms with E-state index >= 15 is 0 Å². The van der Waals surface area contributed by atoms with Crippen LogP contribution in [0.4, 0.5) is 26.3 Å². The molecule has 0 bridgehead atoms. The molecule has 2 spiro atoms. The quantitative estimate of drug-likeness (QED) is 0.193. The molecule has 0 amide bonds. The zero-order valence-corrected chi connectivity index (χ0v) is 40.5. The van der Waals surface area contributed by atoms with Gasteiger partial charge >= 0.3 is 12.4 Å². The zero-order valence-electron chi connectivity index (χ0n) is 38.9. The van der Waals surface area contributed by atoms with Crippen LogP contribution in [0.5, 0.6) is 0 Å². The van der Waals surface area contributed by atoms with Crippen LogP contribution < -0.4 is 5.32 Å². The average molecular weight is 995 g/mol. The van der Waals surface area contributed by atoms with Gasteiger partial charge in [0.15, 0.2) is 19.7 Å². The van der Waals surface area contributed by atoms with Crippen molar-refractivity contribution in [2.24, 2.45) is 34.5 Å². The van der Waals surface area contributed by atoms with Crippen LogP contribution in [0.25, 0.3) is 22.5 Å². The molecule has 4 aromatic rings. The van der Waals surface area contributed by atoms with E-state index in [9.17, 15) is 43.2 Å². The second-order valence-electron chi connectivity index (χ2n) is 20.5. The minimum absolute atomic E-state index is 0.185. The summed E-state index contributed by atoms with van der Waals surface area (Å²) in [5.74, 6) is 6.38. The molecule has 68 heavy (non-hydrogen) atoms. The number of alkyl halides is 6. The highest BCUT2D eigenvalue weighted by Gasteiger charge is 2.53. The summed E-state index contributed by atoms with van der Waals surface area (Å²) < 4.78 is 123. The van der Waals surface area contributed by atoms with Crippen molar-refractivity contribution >= 4 is 19.7 Å². The van der Waals surface area contributed by atoms with Gasteiger partial charge in [-0.2, -0.15) is 36.5 Å². The van der Waals surface area contributed by atoms with Crippen molar-refractivity contribution < 1.29 is 43.2 Å². The fourth-order valence-electron chi connectivity index (χ4n) is 11.2. The van der Waals surface area contributed by atoms with Crippen LogP contribution in [0.1, 0.15) is 95.6 Å². The molecule has 4 aliphatic heterocycles. The number of halogens is 6. The number of sulfone groups is 2. The molecule has 12 rings (SSSR count). The summed E-state index contributed by atoms with van der Waals surface area (Å²) in [6, 6.07) is 6.28. The second-order valence-corrected chi connectivity index (χ2v) is 24.6. The van der Waals surface area contributed by atoms with E-state index < -0.39 is 43.2 Å². The molecule has 12 nitrogen and oxygen atoms in total. The summed E-state index contributed by atoms with van der Waals surface area (Å²) >= 11 is 0. The topological polar surface area (TPSA) is 145 Å². The Balaban J connectivity index is 0.000000118. The van der Waals surface area contributed by atoms with Crippen molar-refractivity contribution in [1.82, 2.24) is 39.7 Å². The first-order valence-corrected chi connectivity index (χ1v) is 27.8. The van der Waals surface area contributed by atoms with Gasteiger partial charge in [0.2, 0.25) is 0 Å². The van der Waals surface area contributed by atoms with Crippen molar-refractivity contribution in [1.29, 1.82) is 0 Å². The molecule has 374 valence electrons. The molecule has 0 radical (unpaired) electrons. The van der Waals surface area contributed by atoms with E-state index in [1.807, 2.05) is 13.8 Å². The van der Waals surface area contributed by atoms with Crippen LogP contribution >= 0.6 is 0 Å². The van der Waals surface area contributed by atoms with E-state index in [1.54, 1.807) is 53.2 Å². The van der Waals surface area contributed by atoms with Crippen LogP contribution in [-0.4, -0.2) is 106 Å². The lowest BCUT2D eigenvalue weighted by Crippen LogP contribution is -2.55. The van der Waals surface area contributed by atoms with Crippen LogP contribution in [0.3, 0.4) is 0 Å². The lowest BCUT2D eigenvalue weighted by Gasteiger charge is -2.48. The lowest BCUT2D eigenvalue weighted by molar-refractivity contribution is -0.138. The van der Waals surface area contributed by atoms with Crippen molar-refractivity contribution in [3.8, 4) is 22.5 Å². The molecule has 0 aromatic carbocycles. The number of rotatable bonds is 5. The summed E-state index contributed by atoms with van der Waals surface area (Å²) in [5, 5.41) is 11.5. The minimum Gasteiger partial charge on any atom is -0.317 e. The number of nitrogens with zero attached hydrogens (tertiary/aromatic N) is 7. The largest absolute Gasteiger partial charge is 0.417 e. The third kappa shape index (κ3) is 12.9. The predicted molar refractivity (Wildman–Crippen MR) is 247 cm³/mol. The van der Waals surface area contributed by atoms with E-state index in [2.05, 4.69) is 30.4 Å². The van der Waals surface area contributed by atoms with Gasteiger partial charge in [0.1, 0.15) is 0 Å². The Hall–Kier alpha value is -3.88. The van der Waals surface area contributed by atoms with Gasteiger partial charge in [0.25, 0.3) is 0 Å². The number of likely N-dealkylation sites (tertiary alicyclic amines) is 1. The predicted octanol–water partition coefficient (Wildman–Crippen LogP) is 8.85. The fraction of sp³-hybridized carbons (Fsp3) is 0.667. The third-order valence-electron chi connectivity index (χ3n) is 15.2. The average Bonchev–Trinajstić information content (AvgIpc) is 3.79. The van der Waals surface area contributed by atoms with Crippen molar-refractivity contribution in [2.45, 2.75) is 116 Å². The van der Waals surface area contributed by atoms with Crippen LogP contribution in [0, 0.1) is 34.5 Å². The number of piperidine rings is 2. The molecule has 4 aromatic heterocycles. The molecule has 8 heterocycles. The summed E-state index contributed by atoms with van der Waals surface area (Å²) in [6.07, 6.45) is 14.0. The van der Waals surface area contributed by atoms with Gasteiger partial charge in [0, 0.05) is 78.3 Å². The highest BCUT2D eigenvalue weighted by atomic mass is 32.2. The maximum atomic E-state index is 12.5. The molecule has 20 heteroatoms. The fourth-order valence-corrected chi connectivity index (χ4v) is 15.9. The minimum atomic E-state index is -4.38. The van der Waals surface area contributed by atoms with E-state index in [1.165, 1.54) is 49.9 Å². The first kappa shape index (κ1) is 50.5. The Labute approximate surface area is 395 Å². The summed E-state index contributed by atoms with van der Waals surface area (Å²) in [5.41, 5.74) is 0.568. The summed E-state index contributed by atoms with van der Waals surface area (Å²) in [4.78, 5) is 9.84. The number of pyridine rings is 2. The maximum Gasteiger partial charge on any atom is 0.417 e. The Bertz CT molecular complexity index is 2430. The zero-order chi connectivity index (χ0) is 48.5. The number of hydrogen-bond donors (Lipinski definition) is 1. The molecular weight excluding hydrogens is 931 g/mol.